The predicted octanol–water partition coefficient (Wildman–Crippen LogP) is 0.353. The number of nitrogens with zero attached hydrogens (tertiary/aromatic N) is 3. The van der Waals surface area contributed by atoms with E-state index in [1.807, 2.05) is 0 Å². The zero-order valence-corrected chi connectivity index (χ0v) is 12.2. The number of fused-ring (bicyclic) bond motifs is 1. The van der Waals surface area contributed by atoms with Gasteiger partial charge in [-0.1, -0.05) is 0 Å². The van der Waals surface area contributed by atoms with Gasteiger partial charge in [-0.25, -0.2) is 0 Å². The van der Waals surface area contributed by atoms with Crippen LogP contribution in [0.3, 0.4) is 0 Å². The van der Waals surface area contributed by atoms with Crippen LogP contribution in [0.15, 0.2) is 0 Å². The lowest BCUT2D eigenvalue weighted by Crippen LogP contribution is -2.42. The smallest absolute Gasteiger partial charge is 0.281 e. The van der Waals surface area contributed by atoms with Gasteiger partial charge in [0.25, 0.3) is 10.2 Å². The van der Waals surface area contributed by atoms with Gasteiger partial charge in [0.2, 0.25) is 0 Å². The molecular weight excluding hydrogens is 262 g/mol. The maximum Gasteiger partial charge on any atom is 0.281 e. The summed E-state index contributed by atoms with van der Waals surface area (Å²) < 4.78 is 28.5. The fourth-order valence-corrected chi connectivity index (χ4v) is 5.80. The molecule has 5 nitrogen and oxygen atoms in total. The van der Waals surface area contributed by atoms with Crippen LogP contribution in [0.2, 0.25) is 0 Å². The highest BCUT2D eigenvalue weighted by Gasteiger charge is 2.48. The minimum Gasteiger partial charge on any atom is -0.300 e. The van der Waals surface area contributed by atoms with E-state index in [9.17, 15) is 8.42 Å². The lowest BCUT2D eigenvalue weighted by atomic mass is 10.0. The van der Waals surface area contributed by atoms with Gasteiger partial charge < -0.3 is 0 Å². The second-order valence-corrected chi connectivity index (χ2v) is 8.56. The van der Waals surface area contributed by atoms with Gasteiger partial charge >= 0.3 is 0 Å². The first kappa shape index (κ1) is 12.6. The number of hydrogen-bond donors (Lipinski definition) is 0. The maximum atomic E-state index is 12.5. The minimum atomic E-state index is -3.15. The highest BCUT2D eigenvalue weighted by molar-refractivity contribution is 7.86. The van der Waals surface area contributed by atoms with Crippen molar-refractivity contribution in [2.75, 3.05) is 39.3 Å². The summed E-state index contributed by atoms with van der Waals surface area (Å²) in [4.78, 5) is 2.59. The Morgan fingerprint density at radius 2 is 1.37 bits per heavy atom. The Balaban J connectivity index is 1.43. The molecule has 0 amide bonds. The van der Waals surface area contributed by atoms with Crippen LogP contribution in [0.1, 0.15) is 25.7 Å². The van der Waals surface area contributed by atoms with Crippen molar-refractivity contribution < 1.29 is 8.42 Å². The van der Waals surface area contributed by atoms with E-state index in [0.717, 1.165) is 58.2 Å². The first-order chi connectivity index (χ1) is 9.14. The molecule has 1 aliphatic carbocycles. The SMILES string of the molecule is O=S(=O)(N1CCCC1)N1CC2CN(C3CC3)CC2C1. The molecule has 0 bridgehead atoms. The van der Waals surface area contributed by atoms with Gasteiger partial charge in [-0.05, 0) is 37.5 Å². The standard InChI is InChI=1S/C13H23N3O2S/c17-19(18,15-5-1-2-6-15)16-9-11-7-14(13-3-4-13)8-12(11)10-16/h11-13H,1-10H2. The summed E-state index contributed by atoms with van der Waals surface area (Å²) >= 11 is 0. The maximum absolute atomic E-state index is 12.5. The van der Waals surface area contributed by atoms with Gasteiger partial charge in [-0.2, -0.15) is 17.0 Å². The third-order valence-electron chi connectivity index (χ3n) is 5.26. The third-order valence-corrected chi connectivity index (χ3v) is 7.23. The van der Waals surface area contributed by atoms with Gasteiger partial charge in [-0.3, -0.25) is 4.90 Å². The van der Waals surface area contributed by atoms with Crippen LogP contribution in [-0.4, -0.2) is 67.2 Å². The molecule has 2 unspecified atom stereocenters. The molecule has 19 heavy (non-hydrogen) atoms. The van der Waals surface area contributed by atoms with Crippen LogP contribution in [0.4, 0.5) is 0 Å². The minimum absolute atomic E-state index is 0.581. The third kappa shape index (κ3) is 2.13. The lowest BCUT2D eigenvalue weighted by Gasteiger charge is -2.25. The number of likely N-dealkylation sites (tertiary alicyclic amines) is 1. The van der Waals surface area contributed by atoms with E-state index in [-0.39, 0.29) is 0 Å². The van der Waals surface area contributed by atoms with Gasteiger partial charge in [0.15, 0.2) is 0 Å². The van der Waals surface area contributed by atoms with Crippen LogP contribution in [-0.2, 0) is 10.2 Å². The van der Waals surface area contributed by atoms with Crippen molar-refractivity contribution in [2.45, 2.75) is 31.7 Å². The molecule has 6 heteroatoms. The molecule has 108 valence electrons. The van der Waals surface area contributed by atoms with Crippen LogP contribution in [0.25, 0.3) is 0 Å². The Bertz CT molecular complexity index is 443. The molecule has 0 N–H and O–H groups in total. The zero-order chi connectivity index (χ0) is 13.0. The van der Waals surface area contributed by atoms with E-state index < -0.39 is 10.2 Å². The van der Waals surface area contributed by atoms with Crippen molar-refractivity contribution in [3.63, 3.8) is 0 Å². The Hall–Kier alpha value is -0.170. The molecule has 0 aromatic heterocycles. The van der Waals surface area contributed by atoms with Crippen molar-refractivity contribution in [3.8, 4) is 0 Å². The second-order valence-electron chi connectivity index (χ2n) is 6.64. The molecule has 2 atom stereocenters. The van der Waals surface area contributed by atoms with Crippen molar-refractivity contribution >= 4 is 10.2 Å². The number of rotatable bonds is 3. The fraction of sp³-hybridized carbons (Fsp3) is 1.00. The molecule has 0 spiro atoms. The van der Waals surface area contributed by atoms with E-state index in [1.54, 1.807) is 8.61 Å². The van der Waals surface area contributed by atoms with Gasteiger partial charge in [0.1, 0.15) is 0 Å². The summed E-state index contributed by atoms with van der Waals surface area (Å²) in [5, 5.41) is 0. The van der Waals surface area contributed by atoms with Gasteiger partial charge in [-0.15, -0.1) is 0 Å². The van der Waals surface area contributed by atoms with E-state index in [0.29, 0.717) is 11.8 Å². The zero-order valence-electron chi connectivity index (χ0n) is 11.4. The second kappa shape index (κ2) is 4.41. The van der Waals surface area contributed by atoms with E-state index >= 15 is 0 Å². The van der Waals surface area contributed by atoms with Crippen LogP contribution in [0, 0.1) is 11.8 Å². The monoisotopic (exact) mass is 285 g/mol. The topological polar surface area (TPSA) is 43.9 Å². The molecule has 3 heterocycles. The highest BCUT2D eigenvalue weighted by atomic mass is 32.2. The van der Waals surface area contributed by atoms with Gasteiger partial charge in [0.05, 0.1) is 0 Å². The average Bonchev–Trinajstić information content (AvgIpc) is 2.82. The molecule has 1 saturated carbocycles. The summed E-state index contributed by atoms with van der Waals surface area (Å²) in [5.41, 5.74) is 0. The molecule has 0 aromatic rings. The Morgan fingerprint density at radius 1 is 0.789 bits per heavy atom. The summed E-state index contributed by atoms with van der Waals surface area (Å²) in [6.07, 6.45) is 4.76. The highest BCUT2D eigenvalue weighted by Crippen LogP contribution is 2.39. The van der Waals surface area contributed by atoms with Crippen LogP contribution < -0.4 is 0 Å². The van der Waals surface area contributed by atoms with E-state index in [4.69, 9.17) is 0 Å². The Labute approximate surface area is 115 Å². The van der Waals surface area contributed by atoms with Crippen molar-refractivity contribution in [1.82, 2.24) is 13.5 Å². The summed E-state index contributed by atoms with van der Waals surface area (Å²) in [6.45, 7) is 5.22. The van der Waals surface area contributed by atoms with Gasteiger partial charge in [0, 0.05) is 45.3 Å². The normalized spacial score (nSPS) is 38.1. The average molecular weight is 285 g/mol. The summed E-state index contributed by atoms with van der Waals surface area (Å²) in [5.74, 6) is 1.16. The van der Waals surface area contributed by atoms with E-state index in [1.165, 1.54) is 12.8 Å². The number of hydrogen-bond acceptors (Lipinski definition) is 3. The fourth-order valence-electron chi connectivity index (χ4n) is 3.99. The van der Waals surface area contributed by atoms with Crippen molar-refractivity contribution in [2.24, 2.45) is 11.8 Å². The molecule has 3 saturated heterocycles. The first-order valence-corrected chi connectivity index (χ1v) is 9.03. The first-order valence-electron chi connectivity index (χ1n) is 7.64. The van der Waals surface area contributed by atoms with Crippen LogP contribution >= 0.6 is 0 Å². The predicted molar refractivity (Wildman–Crippen MR) is 72.9 cm³/mol. The molecule has 4 rings (SSSR count). The summed E-state index contributed by atoms with van der Waals surface area (Å²) in [7, 11) is -3.15. The Morgan fingerprint density at radius 3 is 1.89 bits per heavy atom. The molecule has 0 aromatic carbocycles. The van der Waals surface area contributed by atoms with Crippen molar-refractivity contribution in [1.29, 1.82) is 0 Å². The quantitative estimate of drug-likeness (QED) is 0.752. The van der Waals surface area contributed by atoms with Crippen LogP contribution in [0.5, 0.6) is 0 Å². The molecule has 4 fully saturated rings. The molecule has 4 aliphatic rings. The molecule has 0 radical (unpaired) electrons. The molecule has 3 aliphatic heterocycles. The Kier molecular flexibility index (Phi) is 2.92. The lowest BCUT2D eigenvalue weighted by molar-refractivity contribution is 0.283. The largest absolute Gasteiger partial charge is 0.300 e. The molecular formula is C13H23N3O2S. The van der Waals surface area contributed by atoms with E-state index in [2.05, 4.69) is 4.90 Å². The summed E-state index contributed by atoms with van der Waals surface area (Å²) in [6, 6.07) is 0.828. The van der Waals surface area contributed by atoms with Crippen molar-refractivity contribution in [3.05, 3.63) is 0 Å².